The summed E-state index contributed by atoms with van der Waals surface area (Å²) in [6, 6.07) is 23.3. The van der Waals surface area contributed by atoms with Crippen molar-refractivity contribution in [1.29, 1.82) is 0 Å². The molecule has 3 rings (SSSR count). The quantitative estimate of drug-likeness (QED) is 0.207. The molecule has 0 aliphatic heterocycles. The smallest absolute Gasteiger partial charge is 0.119 e. The van der Waals surface area contributed by atoms with Gasteiger partial charge < -0.3 is 9.64 Å². The van der Waals surface area contributed by atoms with E-state index in [4.69, 9.17) is 4.74 Å². The van der Waals surface area contributed by atoms with Crippen molar-refractivity contribution in [1.82, 2.24) is 0 Å². The third-order valence-corrected chi connectivity index (χ3v) is 5.20. The van der Waals surface area contributed by atoms with Crippen LogP contribution in [-0.2, 0) is 0 Å². The lowest BCUT2D eigenvalue weighted by Gasteiger charge is -2.19. The minimum Gasteiger partial charge on any atom is -0.494 e. The first-order chi connectivity index (χ1) is 16.2. The lowest BCUT2D eigenvalue weighted by Crippen LogP contribution is -2.18. The monoisotopic (exact) mass is 443 g/mol. The summed E-state index contributed by atoms with van der Waals surface area (Å²) in [5, 5.41) is 17.2. The van der Waals surface area contributed by atoms with Gasteiger partial charge in [0.15, 0.2) is 0 Å². The van der Waals surface area contributed by atoms with Crippen molar-refractivity contribution in [2.24, 2.45) is 20.5 Å². The van der Waals surface area contributed by atoms with E-state index in [1.165, 1.54) is 31.4 Å². The van der Waals surface area contributed by atoms with E-state index in [0.717, 1.165) is 35.0 Å². The predicted octanol–water partition coefficient (Wildman–Crippen LogP) is 8.93. The SMILES string of the molecule is CCCCCCN(C)c1ccc(N=Nc2ccc(N=Nc3ccc(OCC)cc3)cc2)cc1. The van der Waals surface area contributed by atoms with Crippen LogP contribution in [0.15, 0.2) is 93.3 Å². The van der Waals surface area contributed by atoms with Gasteiger partial charge in [0, 0.05) is 19.3 Å². The first-order valence-electron chi connectivity index (χ1n) is 11.7. The number of nitrogens with zero attached hydrogens (tertiary/aromatic N) is 5. The Balaban J connectivity index is 1.52. The summed E-state index contributed by atoms with van der Waals surface area (Å²) < 4.78 is 5.44. The molecule has 0 bridgehead atoms. The summed E-state index contributed by atoms with van der Waals surface area (Å²) in [7, 11) is 2.14. The molecule has 0 aliphatic carbocycles. The molecule has 33 heavy (non-hydrogen) atoms. The summed E-state index contributed by atoms with van der Waals surface area (Å²) in [5.41, 5.74) is 4.34. The Morgan fingerprint density at radius 3 is 1.52 bits per heavy atom. The Kier molecular flexibility index (Phi) is 9.58. The average molecular weight is 444 g/mol. The van der Waals surface area contributed by atoms with Gasteiger partial charge in [-0.1, -0.05) is 26.2 Å². The van der Waals surface area contributed by atoms with Crippen molar-refractivity contribution >= 4 is 28.4 Å². The molecule has 0 N–H and O–H groups in total. The third-order valence-electron chi connectivity index (χ3n) is 5.20. The predicted molar refractivity (Wildman–Crippen MR) is 136 cm³/mol. The molecular formula is C27H33N5O. The molecule has 0 atom stereocenters. The van der Waals surface area contributed by atoms with Crippen molar-refractivity contribution in [3.63, 3.8) is 0 Å². The van der Waals surface area contributed by atoms with Gasteiger partial charge in [-0.15, -0.1) is 0 Å². The number of ether oxygens (including phenoxy) is 1. The number of anilines is 1. The van der Waals surface area contributed by atoms with Crippen molar-refractivity contribution in [3.05, 3.63) is 72.8 Å². The van der Waals surface area contributed by atoms with Gasteiger partial charge in [-0.05, 0) is 86.1 Å². The van der Waals surface area contributed by atoms with Crippen LogP contribution in [0.1, 0.15) is 39.5 Å². The van der Waals surface area contributed by atoms with Crippen molar-refractivity contribution < 1.29 is 4.74 Å². The number of hydrogen-bond donors (Lipinski definition) is 0. The Morgan fingerprint density at radius 2 is 1.06 bits per heavy atom. The van der Waals surface area contributed by atoms with E-state index in [0.29, 0.717) is 6.61 Å². The maximum Gasteiger partial charge on any atom is 0.119 e. The van der Waals surface area contributed by atoms with Gasteiger partial charge in [0.05, 0.1) is 29.4 Å². The summed E-state index contributed by atoms with van der Waals surface area (Å²) in [6.45, 7) is 5.92. The molecule has 6 nitrogen and oxygen atoms in total. The van der Waals surface area contributed by atoms with Gasteiger partial charge in [-0.3, -0.25) is 0 Å². The second kappa shape index (κ2) is 13.1. The van der Waals surface area contributed by atoms with Crippen LogP contribution >= 0.6 is 0 Å². The van der Waals surface area contributed by atoms with E-state index in [9.17, 15) is 0 Å². The lowest BCUT2D eigenvalue weighted by atomic mass is 10.2. The third kappa shape index (κ3) is 8.15. The van der Waals surface area contributed by atoms with Gasteiger partial charge in [0.1, 0.15) is 5.75 Å². The van der Waals surface area contributed by atoms with Gasteiger partial charge in [-0.2, -0.15) is 20.5 Å². The molecule has 0 spiro atoms. The summed E-state index contributed by atoms with van der Waals surface area (Å²) in [6.07, 6.45) is 5.08. The van der Waals surface area contributed by atoms with E-state index >= 15 is 0 Å². The molecule has 0 saturated carbocycles. The topological polar surface area (TPSA) is 61.9 Å². The second-order valence-electron chi connectivity index (χ2n) is 7.84. The number of hydrogen-bond acceptors (Lipinski definition) is 6. The zero-order valence-electron chi connectivity index (χ0n) is 19.8. The van der Waals surface area contributed by atoms with Crippen LogP contribution in [0.4, 0.5) is 28.4 Å². The highest BCUT2D eigenvalue weighted by atomic mass is 16.5. The maximum atomic E-state index is 5.44. The van der Waals surface area contributed by atoms with Crippen LogP contribution in [0, 0.1) is 0 Å². The van der Waals surface area contributed by atoms with E-state index < -0.39 is 0 Å². The lowest BCUT2D eigenvalue weighted by molar-refractivity contribution is 0.340. The van der Waals surface area contributed by atoms with Crippen LogP contribution in [0.2, 0.25) is 0 Å². The molecule has 0 amide bonds. The first-order valence-corrected chi connectivity index (χ1v) is 11.7. The van der Waals surface area contributed by atoms with Crippen molar-refractivity contribution in [3.8, 4) is 5.75 Å². The zero-order chi connectivity index (χ0) is 23.3. The van der Waals surface area contributed by atoms with E-state index in [1.807, 2.05) is 67.6 Å². The van der Waals surface area contributed by atoms with Crippen LogP contribution in [-0.4, -0.2) is 20.2 Å². The van der Waals surface area contributed by atoms with Crippen LogP contribution in [0.5, 0.6) is 5.75 Å². The summed E-state index contributed by atoms with van der Waals surface area (Å²) >= 11 is 0. The highest BCUT2D eigenvalue weighted by molar-refractivity contribution is 5.53. The van der Waals surface area contributed by atoms with Crippen LogP contribution in [0.3, 0.4) is 0 Å². The van der Waals surface area contributed by atoms with Crippen LogP contribution < -0.4 is 9.64 Å². The number of azo groups is 2. The largest absolute Gasteiger partial charge is 0.494 e. The number of benzene rings is 3. The molecule has 3 aromatic carbocycles. The van der Waals surface area contributed by atoms with Crippen LogP contribution in [0.25, 0.3) is 0 Å². The highest BCUT2D eigenvalue weighted by Gasteiger charge is 2.01. The van der Waals surface area contributed by atoms with E-state index in [-0.39, 0.29) is 0 Å². The molecule has 3 aromatic rings. The van der Waals surface area contributed by atoms with Gasteiger partial charge >= 0.3 is 0 Å². The fraction of sp³-hybridized carbons (Fsp3) is 0.333. The Bertz CT molecular complexity index is 1010. The van der Waals surface area contributed by atoms with Gasteiger partial charge in [-0.25, -0.2) is 0 Å². The summed E-state index contributed by atoms with van der Waals surface area (Å²) in [4.78, 5) is 2.29. The Labute approximate surface area is 197 Å². The number of rotatable bonds is 12. The van der Waals surface area contributed by atoms with Crippen molar-refractivity contribution in [2.45, 2.75) is 39.5 Å². The Hall–Kier alpha value is -3.54. The normalized spacial score (nSPS) is 11.4. The molecule has 0 radical (unpaired) electrons. The fourth-order valence-corrected chi connectivity index (χ4v) is 3.27. The fourth-order valence-electron chi connectivity index (χ4n) is 3.27. The second-order valence-corrected chi connectivity index (χ2v) is 7.84. The zero-order valence-corrected chi connectivity index (χ0v) is 19.8. The number of unbranched alkanes of at least 4 members (excludes halogenated alkanes) is 3. The molecule has 0 saturated heterocycles. The van der Waals surface area contributed by atoms with Gasteiger partial charge in [0.2, 0.25) is 0 Å². The molecule has 172 valence electrons. The molecule has 6 heteroatoms. The standard InChI is InChI=1S/C27H33N5O/c1-4-6-7-8-21-32(3)26-17-13-24(14-18-26)30-28-22-9-11-23(12-10-22)29-31-25-15-19-27(20-16-25)33-5-2/h9-20H,4-8,21H2,1-3H3. The van der Waals surface area contributed by atoms with E-state index in [1.54, 1.807) is 0 Å². The molecule has 0 aromatic heterocycles. The minimum atomic E-state index is 0.645. The maximum absolute atomic E-state index is 5.44. The highest BCUT2D eigenvalue weighted by Crippen LogP contribution is 2.25. The summed E-state index contributed by atoms with van der Waals surface area (Å²) in [5.74, 6) is 0.829. The molecule has 0 aliphatic rings. The molecule has 0 unspecified atom stereocenters. The van der Waals surface area contributed by atoms with E-state index in [2.05, 4.69) is 51.5 Å². The minimum absolute atomic E-state index is 0.645. The average Bonchev–Trinajstić information content (AvgIpc) is 2.86. The van der Waals surface area contributed by atoms with Crippen molar-refractivity contribution in [2.75, 3.05) is 25.1 Å². The molecule has 0 heterocycles. The Morgan fingerprint density at radius 1 is 0.606 bits per heavy atom. The molecular weight excluding hydrogens is 410 g/mol. The first kappa shape index (κ1) is 24.1. The molecule has 0 fully saturated rings. The van der Waals surface area contributed by atoms with Gasteiger partial charge in [0.25, 0.3) is 0 Å².